The number of hydrogen-bond acceptors (Lipinski definition) is 3. The minimum absolute atomic E-state index is 0.117. The highest BCUT2D eigenvalue weighted by Gasteiger charge is 2.19. The molecule has 0 saturated carbocycles. The zero-order valence-corrected chi connectivity index (χ0v) is 9.45. The van der Waals surface area contributed by atoms with Crippen molar-refractivity contribution in [2.45, 2.75) is 27.2 Å². The molecule has 15 heavy (non-hydrogen) atoms. The van der Waals surface area contributed by atoms with Gasteiger partial charge in [0, 0.05) is 6.54 Å². The van der Waals surface area contributed by atoms with Crippen molar-refractivity contribution in [3.05, 3.63) is 0 Å². The van der Waals surface area contributed by atoms with Crippen LogP contribution in [0.5, 0.6) is 0 Å². The number of rotatable bonds is 6. The van der Waals surface area contributed by atoms with Crippen molar-refractivity contribution in [1.29, 1.82) is 0 Å². The van der Waals surface area contributed by atoms with E-state index >= 15 is 0 Å². The molecule has 0 aromatic rings. The predicted molar refractivity (Wildman–Crippen MR) is 55.6 cm³/mol. The quantitative estimate of drug-likeness (QED) is 0.706. The van der Waals surface area contributed by atoms with Crippen molar-refractivity contribution in [1.82, 2.24) is 5.32 Å². The zero-order valence-electron chi connectivity index (χ0n) is 9.45. The molecule has 0 aromatic carbocycles. The summed E-state index contributed by atoms with van der Waals surface area (Å²) < 4.78 is 4.63. The first-order chi connectivity index (χ1) is 6.97. The minimum Gasteiger partial charge on any atom is -0.481 e. The fourth-order valence-corrected chi connectivity index (χ4v) is 1.23. The number of nitrogens with one attached hydrogen (secondary N) is 1. The Balaban J connectivity index is 3.96. The zero-order chi connectivity index (χ0) is 11.8. The lowest BCUT2D eigenvalue weighted by molar-refractivity contribution is -0.142. The van der Waals surface area contributed by atoms with E-state index in [2.05, 4.69) is 10.1 Å². The summed E-state index contributed by atoms with van der Waals surface area (Å²) in [5, 5.41) is 11.3. The highest BCUT2D eigenvalue weighted by Crippen LogP contribution is 2.10. The summed E-state index contributed by atoms with van der Waals surface area (Å²) in [6.07, 6.45) is -0.0191. The number of ether oxygens (including phenoxy) is 1. The summed E-state index contributed by atoms with van der Waals surface area (Å²) in [6.45, 7) is 5.99. The number of alkyl carbamates (subject to hydrolysis) is 1. The van der Waals surface area contributed by atoms with Gasteiger partial charge in [0.1, 0.15) is 0 Å². The van der Waals surface area contributed by atoms with E-state index in [4.69, 9.17) is 5.11 Å². The van der Waals surface area contributed by atoms with Gasteiger partial charge in [-0.3, -0.25) is 4.79 Å². The molecule has 1 atom stereocenters. The molecule has 0 bridgehead atoms. The lowest BCUT2D eigenvalue weighted by Gasteiger charge is -2.14. The highest BCUT2D eigenvalue weighted by molar-refractivity contribution is 5.72. The predicted octanol–water partition coefficient (Wildman–Crippen LogP) is 1.48. The van der Waals surface area contributed by atoms with Gasteiger partial charge in [-0.2, -0.15) is 0 Å². The number of carbonyl (C=O) groups excluding carboxylic acids is 1. The molecule has 0 aliphatic heterocycles. The number of carbonyl (C=O) groups is 2. The third-order valence-corrected chi connectivity index (χ3v) is 1.87. The molecule has 0 spiro atoms. The molecule has 0 heterocycles. The molecule has 5 nitrogen and oxygen atoms in total. The van der Waals surface area contributed by atoms with Gasteiger partial charge in [-0.05, 0) is 19.3 Å². The van der Waals surface area contributed by atoms with Crippen LogP contribution in [0.25, 0.3) is 0 Å². The number of amides is 1. The minimum atomic E-state index is -0.888. The van der Waals surface area contributed by atoms with Gasteiger partial charge in [0.25, 0.3) is 0 Å². The van der Waals surface area contributed by atoms with Crippen LogP contribution in [0.2, 0.25) is 0 Å². The molecule has 0 saturated heterocycles. The van der Waals surface area contributed by atoms with Crippen molar-refractivity contribution in [3.63, 3.8) is 0 Å². The number of carboxylic acids is 1. The Kier molecular flexibility index (Phi) is 6.49. The molecular weight excluding hydrogens is 198 g/mol. The first kappa shape index (κ1) is 13.7. The molecule has 1 unspecified atom stereocenters. The Morgan fingerprint density at radius 2 is 2.00 bits per heavy atom. The Morgan fingerprint density at radius 3 is 2.40 bits per heavy atom. The normalized spacial score (nSPS) is 12.3. The van der Waals surface area contributed by atoms with Gasteiger partial charge in [0.2, 0.25) is 0 Å². The van der Waals surface area contributed by atoms with E-state index in [9.17, 15) is 9.59 Å². The number of carboxylic acid groups (broad SMARTS) is 1. The summed E-state index contributed by atoms with van der Waals surface area (Å²) in [4.78, 5) is 21.7. The van der Waals surface area contributed by atoms with E-state index < -0.39 is 18.0 Å². The Morgan fingerprint density at radius 1 is 1.40 bits per heavy atom. The van der Waals surface area contributed by atoms with Crippen LogP contribution in [-0.4, -0.2) is 30.3 Å². The van der Waals surface area contributed by atoms with Crippen LogP contribution in [0.1, 0.15) is 27.2 Å². The summed E-state index contributed by atoms with van der Waals surface area (Å²) in [7, 11) is 0. The standard InChI is InChI=1S/C10H19NO4/c1-4-15-10(14)11-6-8(9(12)13)5-7(2)3/h7-8H,4-6H2,1-3H3,(H,11,14)(H,12,13). The maximum absolute atomic E-state index is 10.9. The van der Waals surface area contributed by atoms with Gasteiger partial charge in [-0.25, -0.2) is 4.79 Å². The van der Waals surface area contributed by atoms with Crippen LogP contribution >= 0.6 is 0 Å². The Bertz CT molecular complexity index is 215. The summed E-state index contributed by atoms with van der Waals surface area (Å²) >= 11 is 0. The smallest absolute Gasteiger partial charge is 0.407 e. The van der Waals surface area contributed by atoms with Gasteiger partial charge in [-0.1, -0.05) is 13.8 Å². The second kappa shape index (κ2) is 7.09. The second-order valence-corrected chi connectivity index (χ2v) is 3.77. The van der Waals surface area contributed by atoms with Crippen LogP contribution in [0.3, 0.4) is 0 Å². The van der Waals surface area contributed by atoms with Gasteiger partial charge < -0.3 is 15.2 Å². The van der Waals surface area contributed by atoms with E-state index in [1.807, 2.05) is 13.8 Å². The van der Waals surface area contributed by atoms with E-state index in [1.54, 1.807) is 6.92 Å². The van der Waals surface area contributed by atoms with Crippen molar-refractivity contribution < 1.29 is 19.4 Å². The molecule has 2 N–H and O–H groups in total. The van der Waals surface area contributed by atoms with E-state index in [0.717, 1.165) is 0 Å². The van der Waals surface area contributed by atoms with E-state index in [1.165, 1.54) is 0 Å². The summed E-state index contributed by atoms with van der Waals surface area (Å²) in [5.74, 6) is -1.15. The van der Waals surface area contributed by atoms with Crippen LogP contribution in [-0.2, 0) is 9.53 Å². The van der Waals surface area contributed by atoms with Gasteiger partial charge >= 0.3 is 12.1 Å². The summed E-state index contributed by atoms with van der Waals surface area (Å²) in [5.41, 5.74) is 0. The van der Waals surface area contributed by atoms with Crippen molar-refractivity contribution >= 4 is 12.1 Å². The highest BCUT2D eigenvalue weighted by atomic mass is 16.5. The average Bonchev–Trinajstić information content (AvgIpc) is 2.11. The second-order valence-electron chi connectivity index (χ2n) is 3.77. The molecule has 0 aromatic heterocycles. The third-order valence-electron chi connectivity index (χ3n) is 1.87. The monoisotopic (exact) mass is 217 g/mol. The molecule has 0 radical (unpaired) electrons. The first-order valence-electron chi connectivity index (χ1n) is 5.10. The van der Waals surface area contributed by atoms with Gasteiger partial charge in [-0.15, -0.1) is 0 Å². The van der Waals surface area contributed by atoms with Crippen LogP contribution in [0.4, 0.5) is 4.79 Å². The number of aliphatic carboxylic acids is 1. The van der Waals surface area contributed by atoms with Crippen molar-refractivity contribution in [2.24, 2.45) is 11.8 Å². The fraction of sp³-hybridized carbons (Fsp3) is 0.800. The van der Waals surface area contributed by atoms with Crippen LogP contribution in [0.15, 0.2) is 0 Å². The van der Waals surface area contributed by atoms with Gasteiger partial charge in [0.05, 0.1) is 12.5 Å². The molecule has 5 heteroatoms. The SMILES string of the molecule is CCOC(=O)NCC(CC(C)C)C(=O)O. The van der Waals surface area contributed by atoms with E-state index in [-0.39, 0.29) is 19.1 Å². The Labute approximate surface area is 89.8 Å². The first-order valence-corrected chi connectivity index (χ1v) is 5.10. The molecular formula is C10H19NO4. The maximum Gasteiger partial charge on any atom is 0.407 e. The molecule has 0 fully saturated rings. The topological polar surface area (TPSA) is 75.6 Å². The molecule has 88 valence electrons. The fourth-order valence-electron chi connectivity index (χ4n) is 1.23. The number of hydrogen-bond donors (Lipinski definition) is 2. The van der Waals surface area contributed by atoms with Crippen molar-refractivity contribution in [2.75, 3.05) is 13.2 Å². The van der Waals surface area contributed by atoms with Crippen LogP contribution in [0, 0.1) is 11.8 Å². The molecule has 0 rings (SSSR count). The third kappa shape index (κ3) is 6.76. The van der Waals surface area contributed by atoms with E-state index in [0.29, 0.717) is 6.42 Å². The summed E-state index contributed by atoms with van der Waals surface area (Å²) in [6, 6.07) is 0. The molecule has 0 aliphatic carbocycles. The Hall–Kier alpha value is -1.26. The largest absolute Gasteiger partial charge is 0.481 e. The molecule has 0 aliphatic rings. The van der Waals surface area contributed by atoms with Crippen molar-refractivity contribution in [3.8, 4) is 0 Å². The molecule has 1 amide bonds. The maximum atomic E-state index is 10.9. The average molecular weight is 217 g/mol. The van der Waals surface area contributed by atoms with Gasteiger partial charge in [0.15, 0.2) is 0 Å². The lowest BCUT2D eigenvalue weighted by Crippen LogP contribution is -2.34. The lowest BCUT2D eigenvalue weighted by atomic mass is 9.97. The van der Waals surface area contributed by atoms with Crippen LogP contribution < -0.4 is 5.32 Å².